The van der Waals surface area contributed by atoms with Crippen molar-refractivity contribution in [3.8, 4) is 0 Å². The fraction of sp³-hybridized carbons (Fsp3) is 0.462. The average molecular weight is 288 g/mol. The Kier molecular flexibility index (Phi) is 4.70. The van der Waals surface area contributed by atoms with Crippen LogP contribution < -0.4 is 4.72 Å². The zero-order valence-corrected chi connectivity index (χ0v) is 12.4. The van der Waals surface area contributed by atoms with Gasteiger partial charge in [0.15, 0.2) is 0 Å². The first-order valence-electron chi connectivity index (χ1n) is 5.84. The number of carbonyl (C=O) groups excluding carboxylic acids is 1. The summed E-state index contributed by atoms with van der Waals surface area (Å²) in [6, 6.07) is 6.62. The first-order valence-corrected chi connectivity index (χ1v) is 7.73. The predicted octanol–water partition coefficient (Wildman–Crippen LogP) is 1.69. The van der Waals surface area contributed by atoms with Gasteiger partial charge in [0.05, 0.1) is 11.8 Å². The van der Waals surface area contributed by atoms with Gasteiger partial charge in [-0.1, -0.05) is 12.1 Å². The van der Waals surface area contributed by atoms with E-state index in [2.05, 4.69) is 4.72 Å². The molecular weight excluding hydrogens is 269 g/mol. The third-order valence-corrected chi connectivity index (χ3v) is 2.80. The van der Waals surface area contributed by atoms with Crippen molar-refractivity contribution < 1.29 is 17.9 Å². The highest BCUT2D eigenvalue weighted by Crippen LogP contribution is 2.12. The third-order valence-electron chi connectivity index (χ3n) is 2.13. The maximum Gasteiger partial charge on any atom is 0.338 e. The number of esters is 1. The molecule has 0 radical (unpaired) electrons. The Morgan fingerprint density at radius 1 is 1.21 bits per heavy atom. The van der Waals surface area contributed by atoms with Crippen molar-refractivity contribution in [3.63, 3.8) is 0 Å². The minimum absolute atomic E-state index is 0.202. The zero-order valence-electron chi connectivity index (χ0n) is 11.6. The normalized spacial score (nSPS) is 12.2. The van der Waals surface area contributed by atoms with Crippen LogP contribution in [0.25, 0.3) is 0 Å². The fourth-order valence-electron chi connectivity index (χ4n) is 1.31. The molecule has 6 heteroatoms. The van der Waals surface area contributed by atoms with Gasteiger partial charge in [0.2, 0.25) is 10.0 Å². The van der Waals surface area contributed by atoms with Crippen LogP contribution in [0.2, 0.25) is 0 Å². The second kappa shape index (κ2) is 5.71. The quantitative estimate of drug-likeness (QED) is 0.856. The summed E-state index contributed by atoms with van der Waals surface area (Å²) in [5.41, 5.74) is 0.684. The summed E-state index contributed by atoms with van der Waals surface area (Å²) in [4.78, 5) is 11.8. The SMILES string of the molecule is CC(C)(C)OC(=O)c1ccc(CN[35S](C)(=O)=O)cc1. The molecule has 0 atom stereocenters. The van der Waals surface area contributed by atoms with Crippen LogP contribution >= 0.6 is 0 Å². The summed E-state index contributed by atoms with van der Waals surface area (Å²) in [6.45, 7) is 5.60. The highest BCUT2D eigenvalue weighted by Gasteiger charge is 2.17. The van der Waals surface area contributed by atoms with Gasteiger partial charge in [0.25, 0.3) is 0 Å². The number of rotatable bonds is 4. The minimum atomic E-state index is -3.21. The van der Waals surface area contributed by atoms with E-state index in [0.717, 1.165) is 11.8 Å². The molecule has 0 saturated heterocycles. The maximum absolute atomic E-state index is 11.8. The first-order chi connectivity index (χ1) is 8.57. The number of benzene rings is 1. The van der Waals surface area contributed by atoms with Crippen LogP contribution in [-0.4, -0.2) is 26.2 Å². The summed E-state index contributed by atoms with van der Waals surface area (Å²) in [5, 5.41) is 0. The van der Waals surface area contributed by atoms with E-state index in [1.165, 1.54) is 0 Å². The lowest BCUT2D eigenvalue weighted by Crippen LogP contribution is -2.24. The standard InChI is InChI=1S/C13H19NO4S/c1-13(2,3)18-12(15)11-7-5-10(6-8-11)9-14-19(4,16)17/h5-8,14H,9H2,1-4H3/i19+3. The minimum Gasteiger partial charge on any atom is -0.456 e. The molecule has 0 saturated carbocycles. The van der Waals surface area contributed by atoms with Gasteiger partial charge in [-0.05, 0) is 38.5 Å². The molecule has 5 nitrogen and oxygen atoms in total. The van der Waals surface area contributed by atoms with Crippen LogP contribution in [0.4, 0.5) is 0 Å². The van der Waals surface area contributed by atoms with Crippen molar-refractivity contribution in [3.05, 3.63) is 35.4 Å². The van der Waals surface area contributed by atoms with Crippen molar-refractivity contribution in [1.82, 2.24) is 4.72 Å². The highest BCUT2D eigenvalue weighted by molar-refractivity contribution is 7.88. The molecule has 1 rings (SSSR count). The molecule has 0 spiro atoms. The van der Waals surface area contributed by atoms with Gasteiger partial charge >= 0.3 is 5.97 Å². The number of nitrogens with one attached hydrogen (secondary N) is 1. The topological polar surface area (TPSA) is 72.5 Å². The Bertz CT molecular complexity index is 541. The van der Waals surface area contributed by atoms with Gasteiger partial charge < -0.3 is 4.74 Å². The summed E-state index contributed by atoms with van der Waals surface area (Å²) in [5.74, 6) is -0.393. The van der Waals surface area contributed by atoms with E-state index in [-0.39, 0.29) is 6.54 Å². The Balaban J connectivity index is 2.69. The molecule has 1 N–H and O–H groups in total. The summed E-state index contributed by atoms with van der Waals surface area (Å²) in [6.07, 6.45) is 1.10. The van der Waals surface area contributed by atoms with Crippen LogP contribution in [-0.2, 0) is 21.3 Å². The summed E-state index contributed by atoms with van der Waals surface area (Å²) < 4.78 is 29.5. The molecule has 0 aromatic heterocycles. The van der Waals surface area contributed by atoms with E-state index < -0.39 is 21.6 Å². The molecule has 0 bridgehead atoms. The lowest BCUT2D eigenvalue weighted by Gasteiger charge is -2.19. The van der Waals surface area contributed by atoms with Crippen LogP contribution in [0.15, 0.2) is 24.3 Å². The number of sulfonamides is 1. The lowest BCUT2D eigenvalue weighted by atomic mass is 10.1. The van der Waals surface area contributed by atoms with Crippen molar-refractivity contribution in [1.29, 1.82) is 0 Å². The molecule has 19 heavy (non-hydrogen) atoms. The molecule has 0 unspecified atom stereocenters. The molecule has 0 fully saturated rings. The average Bonchev–Trinajstić information content (AvgIpc) is 2.23. The van der Waals surface area contributed by atoms with E-state index in [4.69, 9.17) is 4.74 Å². The van der Waals surface area contributed by atoms with Crippen LogP contribution in [0.3, 0.4) is 0 Å². The van der Waals surface area contributed by atoms with Gasteiger partial charge in [0.1, 0.15) is 5.60 Å². The van der Waals surface area contributed by atoms with Crippen LogP contribution in [0.5, 0.6) is 0 Å². The van der Waals surface area contributed by atoms with Crippen molar-refractivity contribution in [2.24, 2.45) is 0 Å². The molecule has 0 aliphatic heterocycles. The van der Waals surface area contributed by atoms with E-state index in [9.17, 15) is 13.2 Å². The molecule has 106 valence electrons. The molecule has 0 heterocycles. The molecule has 0 aliphatic rings. The van der Waals surface area contributed by atoms with E-state index in [1.54, 1.807) is 45.0 Å². The van der Waals surface area contributed by atoms with Gasteiger partial charge in [-0.2, -0.15) is 0 Å². The van der Waals surface area contributed by atoms with Crippen LogP contribution in [0.1, 0.15) is 36.7 Å². The third kappa shape index (κ3) is 6.35. The zero-order chi connectivity index (χ0) is 14.7. The van der Waals surface area contributed by atoms with Gasteiger partial charge in [0, 0.05) is 6.54 Å². The fourth-order valence-corrected chi connectivity index (χ4v) is 1.74. The van der Waals surface area contributed by atoms with E-state index >= 15 is 0 Å². The van der Waals surface area contributed by atoms with Gasteiger partial charge in [-0.15, -0.1) is 0 Å². The molecule has 1 aromatic carbocycles. The first kappa shape index (κ1) is 15.7. The largest absolute Gasteiger partial charge is 0.456 e. The molecule has 0 amide bonds. The molecular formula is C13H19NO4S. The van der Waals surface area contributed by atoms with E-state index in [1.807, 2.05) is 0 Å². The number of hydrogen-bond acceptors (Lipinski definition) is 4. The van der Waals surface area contributed by atoms with E-state index in [0.29, 0.717) is 5.56 Å². The Morgan fingerprint density at radius 2 is 1.74 bits per heavy atom. The second-order valence-electron chi connectivity index (χ2n) is 5.29. The Labute approximate surface area is 114 Å². The lowest BCUT2D eigenvalue weighted by molar-refractivity contribution is 0.00695. The smallest absolute Gasteiger partial charge is 0.338 e. The number of carbonyl (C=O) groups is 1. The summed E-state index contributed by atoms with van der Waals surface area (Å²) >= 11 is 0. The highest BCUT2D eigenvalue weighted by atomic mass is 35.1. The maximum atomic E-state index is 11.8. The number of ether oxygens (including phenoxy) is 1. The molecule has 1 aromatic rings. The second-order valence-corrected chi connectivity index (χ2v) is 7.13. The van der Waals surface area contributed by atoms with Crippen molar-refractivity contribution >= 4 is 16.0 Å². The summed E-state index contributed by atoms with van der Waals surface area (Å²) in [7, 11) is -3.21. The Morgan fingerprint density at radius 3 is 2.16 bits per heavy atom. The Hall–Kier alpha value is -1.40. The monoisotopic (exact) mass is 288 g/mol. The van der Waals surface area contributed by atoms with Gasteiger partial charge in [-0.3, -0.25) is 0 Å². The molecule has 0 aliphatic carbocycles. The van der Waals surface area contributed by atoms with Crippen molar-refractivity contribution in [2.75, 3.05) is 6.26 Å². The predicted molar refractivity (Wildman–Crippen MR) is 73.3 cm³/mol. The number of hydrogen-bond donors (Lipinski definition) is 1. The van der Waals surface area contributed by atoms with Gasteiger partial charge in [-0.25, -0.2) is 17.9 Å². The van der Waals surface area contributed by atoms with Crippen LogP contribution in [0, 0.1) is 0 Å². The van der Waals surface area contributed by atoms with Crippen molar-refractivity contribution in [2.45, 2.75) is 32.9 Å².